The fraction of sp³-hybridized carbons (Fsp3) is 0.333. The average Bonchev–Trinajstić information content (AvgIpc) is 3.19. The molecule has 0 radical (unpaired) electrons. The highest BCUT2D eigenvalue weighted by molar-refractivity contribution is 5.94. The number of rotatable bonds is 4. The summed E-state index contributed by atoms with van der Waals surface area (Å²) >= 11 is 0. The van der Waals surface area contributed by atoms with E-state index < -0.39 is 0 Å². The summed E-state index contributed by atoms with van der Waals surface area (Å²) in [4.78, 5) is 10.0. The van der Waals surface area contributed by atoms with Gasteiger partial charge in [-0.2, -0.15) is 5.26 Å². The molecule has 1 saturated heterocycles. The molecule has 1 aromatic carbocycles. The molecule has 3 heterocycles. The highest BCUT2D eigenvalue weighted by Gasteiger charge is 2.11. The van der Waals surface area contributed by atoms with Crippen LogP contribution >= 0.6 is 0 Å². The molecule has 0 bridgehead atoms. The van der Waals surface area contributed by atoms with Crippen LogP contribution in [0.2, 0.25) is 0 Å². The van der Waals surface area contributed by atoms with E-state index in [4.69, 9.17) is 10.00 Å². The van der Waals surface area contributed by atoms with Crippen molar-refractivity contribution in [2.24, 2.45) is 0 Å². The minimum Gasteiger partial charge on any atom is -0.507 e. The van der Waals surface area contributed by atoms with Gasteiger partial charge in [0.05, 0.1) is 18.8 Å². The third-order valence-corrected chi connectivity index (χ3v) is 4.76. The molecule has 30 heavy (non-hydrogen) atoms. The number of hydrogen-bond donors (Lipinski definition) is 2. The number of benzene rings is 1. The van der Waals surface area contributed by atoms with Crippen LogP contribution in [-0.2, 0) is 4.74 Å². The average molecular weight is 405 g/mol. The lowest BCUT2D eigenvalue weighted by molar-refractivity contribution is 0.0435. The van der Waals surface area contributed by atoms with Crippen LogP contribution in [0, 0.1) is 11.3 Å². The maximum atomic E-state index is 9.73. The molecule has 1 fully saturated rings. The van der Waals surface area contributed by atoms with Gasteiger partial charge in [-0.05, 0) is 29.3 Å². The number of hydrogen-bond acceptors (Lipinski definition) is 5. The molecule has 1 aliphatic heterocycles. The number of phenolic OH excluding ortho intramolecular Hbond substituents is 1. The third kappa shape index (κ3) is 5.26. The Morgan fingerprint density at radius 3 is 2.77 bits per heavy atom. The van der Waals surface area contributed by atoms with E-state index in [2.05, 4.69) is 46.9 Å². The van der Waals surface area contributed by atoms with Crippen molar-refractivity contribution in [3.8, 4) is 22.9 Å². The maximum Gasteiger partial charge on any atom is 0.137 e. The minimum absolute atomic E-state index is 0.00838. The van der Waals surface area contributed by atoms with Crippen molar-refractivity contribution in [1.82, 2.24) is 14.9 Å². The summed E-state index contributed by atoms with van der Waals surface area (Å²) in [7, 11) is 0. The van der Waals surface area contributed by atoms with Crippen LogP contribution in [0.1, 0.15) is 31.4 Å². The number of pyridine rings is 1. The Morgan fingerprint density at radius 2 is 2.03 bits per heavy atom. The topological polar surface area (TPSA) is 85.2 Å². The lowest BCUT2D eigenvalue weighted by atomic mass is 10.0. The zero-order chi connectivity index (χ0) is 21.3. The number of H-pyrrole nitrogens is 1. The van der Waals surface area contributed by atoms with Gasteiger partial charge in [0, 0.05) is 43.0 Å². The quantitative estimate of drug-likeness (QED) is 0.665. The molecular weight excluding hydrogens is 376 g/mol. The lowest BCUT2D eigenvalue weighted by Crippen LogP contribution is -2.36. The van der Waals surface area contributed by atoms with Crippen LogP contribution in [0.3, 0.4) is 0 Å². The van der Waals surface area contributed by atoms with Gasteiger partial charge in [0.1, 0.15) is 17.5 Å². The van der Waals surface area contributed by atoms with Crippen LogP contribution in [0.25, 0.3) is 28.2 Å². The number of nitriles is 1. The Kier molecular flexibility index (Phi) is 7.61. The summed E-state index contributed by atoms with van der Waals surface area (Å²) in [5.74, 6) is -0.00838. The number of aromatic nitrogens is 2. The zero-order valence-corrected chi connectivity index (χ0v) is 17.6. The molecule has 0 aliphatic carbocycles. The largest absolute Gasteiger partial charge is 0.507 e. The van der Waals surface area contributed by atoms with Gasteiger partial charge in [0.25, 0.3) is 0 Å². The van der Waals surface area contributed by atoms with Crippen molar-refractivity contribution in [3.63, 3.8) is 0 Å². The first-order valence-electron chi connectivity index (χ1n) is 10.3. The Labute approximate surface area is 177 Å². The highest BCUT2D eigenvalue weighted by atomic mass is 16.5. The Hall–Kier alpha value is -3.14. The number of nitrogens with zero attached hydrogens (tertiary/aromatic N) is 3. The normalized spacial score (nSPS) is 14.4. The second kappa shape index (κ2) is 10.6. The molecule has 1 aliphatic rings. The highest BCUT2D eigenvalue weighted by Crippen LogP contribution is 2.31. The summed E-state index contributed by atoms with van der Waals surface area (Å²) in [5.41, 5.74) is 3.90. The monoisotopic (exact) mass is 404 g/mol. The van der Waals surface area contributed by atoms with Crippen molar-refractivity contribution in [2.45, 2.75) is 20.3 Å². The molecule has 3 aromatic rings. The molecule has 156 valence electrons. The van der Waals surface area contributed by atoms with E-state index >= 15 is 0 Å². The standard InChI is InChI=1S/C21H20N4O2.C3H8/c22-12-17-11-16(3-4-20(17)26)19-14-24-21-18(19)10-15(13-23-21)2-1-5-25-6-8-27-9-7-25;1-3-2/h1-4,10-11,13-14,26H,5-9H2,(H,23,24);3H2,1-2H3/b2-1+;. The van der Waals surface area contributed by atoms with Crippen LogP contribution in [0.4, 0.5) is 0 Å². The number of morpholine rings is 1. The van der Waals surface area contributed by atoms with Gasteiger partial charge < -0.3 is 14.8 Å². The van der Waals surface area contributed by atoms with E-state index in [0.717, 1.165) is 60.6 Å². The molecule has 2 N–H and O–H groups in total. The van der Waals surface area contributed by atoms with Gasteiger partial charge in [-0.3, -0.25) is 4.90 Å². The molecular formula is C24H28N4O2. The van der Waals surface area contributed by atoms with Crippen LogP contribution in [-0.4, -0.2) is 52.8 Å². The summed E-state index contributed by atoms with van der Waals surface area (Å²) < 4.78 is 5.37. The van der Waals surface area contributed by atoms with Crippen molar-refractivity contribution in [3.05, 3.63) is 53.9 Å². The number of aromatic hydroxyl groups is 1. The minimum atomic E-state index is -0.00838. The van der Waals surface area contributed by atoms with E-state index in [-0.39, 0.29) is 11.3 Å². The SMILES string of the molecule is CCC.N#Cc1cc(-c2c[nH]c3ncc(/C=C/CN4CCOCC4)cc23)ccc1O. The van der Waals surface area contributed by atoms with Crippen molar-refractivity contribution < 1.29 is 9.84 Å². The van der Waals surface area contributed by atoms with E-state index in [1.54, 1.807) is 18.2 Å². The summed E-state index contributed by atoms with van der Waals surface area (Å²) in [5, 5.41) is 19.9. The summed E-state index contributed by atoms with van der Waals surface area (Å²) in [6.45, 7) is 8.67. The summed E-state index contributed by atoms with van der Waals surface area (Å²) in [6, 6.07) is 9.15. The van der Waals surface area contributed by atoms with Crippen LogP contribution < -0.4 is 0 Å². The predicted molar refractivity (Wildman–Crippen MR) is 120 cm³/mol. The molecule has 0 amide bonds. The molecule has 4 rings (SSSR count). The molecule has 6 heteroatoms. The van der Waals surface area contributed by atoms with E-state index in [9.17, 15) is 5.11 Å². The molecule has 0 saturated carbocycles. The van der Waals surface area contributed by atoms with Crippen molar-refractivity contribution in [1.29, 1.82) is 5.26 Å². The molecule has 0 unspecified atom stereocenters. The Bertz CT molecular complexity index is 1040. The lowest BCUT2D eigenvalue weighted by Gasteiger charge is -2.25. The van der Waals surface area contributed by atoms with E-state index in [0.29, 0.717) is 0 Å². The Balaban J connectivity index is 0.000000806. The van der Waals surface area contributed by atoms with Crippen LogP contribution in [0.15, 0.2) is 42.7 Å². The molecule has 6 nitrogen and oxygen atoms in total. The number of phenols is 1. The first-order valence-corrected chi connectivity index (χ1v) is 10.3. The van der Waals surface area contributed by atoms with Crippen molar-refractivity contribution >= 4 is 17.1 Å². The van der Waals surface area contributed by atoms with Gasteiger partial charge in [0.2, 0.25) is 0 Å². The van der Waals surface area contributed by atoms with Gasteiger partial charge in [0.15, 0.2) is 0 Å². The fourth-order valence-electron chi connectivity index (χ4n) is 3.26. The number of fused-ring (bicyclic) bond motifs is 1. The van der Waals surface area contributed by atoms with Gasteiger partial charge in [-0.15, -0.1) is 0 Å². The number of aromatic amines is 1. The molecule has 2 aromatic heterocycles. The van der Waals surface area contributed by atoms with Gasteiger partial charge in [-0.25, -0.2) is 4.98 Å². The maximum absolute atomic E-state index is 9.73. The third-order valence-electron chi connectivity index (χ3n) is 4.76. The summed E-state index contributed by atoms with van der Waals surface area (Å²) in [6.07, 6.45) is 9.20. The van der Waals surface area contributed by atoms with Gasteiger partial charge >= 0.3 is 0 Å². The second-order valence-corrected chi connectivity index (χ2v) is 7.23. The van der Waals surface area contributed by atoms with Crippen LogP contribution in [0.5, 0.6) is 5.75 Å². The predicted octanol–water partition coefficient (Wildman–Crippen LogP) is 4.57. The number of ether oxygens (including phenoxy) is 1. The molecule has 0 atom stereocenters. The zero-order valence-electron chi connectivity index (χ0n) is 17.6. The second-order valence-electron chi connectivity index (χ2n) is 7.23. The molecule has 0 spiro atoms. The first-order chi connectivity index (χ1) is 14.7. The number of nitrogens with one attached hydrogen (secondary N) is 1. The first kappa shape index (κ1) is 21.6. The smallest absolute Gasteiger partial charge is 0.137 e. The van der Waals surface area contributed by atoms with Gasteiger partial charge in [-0.1, -0.05) is 38.5 Å². The Morgan fingerprint density at radius 1 is 1.27 bits per heavy atom. The van der Waals surface area contributed by atoms with E-state index in [1.807, 2.05) is 18.5 Å². The van der Waals surface area contributed by atoms with Crippen molar-refractivity contribution in [2.75, 3.05) is 32.8 Å². The fourth-order valence-corrected chi connectivity index (χ4v) is 3.26. The van der Waals surface area contributed by atoms with E-state index in [1.165, 1.54) is 6.42 Å².